The molecule has 2 rings (SSSR count). The lowest BCUT2D eigenvalue weighted by atomic mass is 10.3. The average Bonchev–Trinajstić information content (AvgIpc) is 2.32. The summed E-state index contributed by atoms with van der Waals surface area (Å²) >= 11 is 3.36. The fourth-order valence-electron chi connectivity index (χ4n) is 1.52. The number of nitrogens with one attached hydrogen (secondary N) is 1. The fraction of sp³-hybridized carbons (Fsp3) is 0.0769. The Bertz CT molecular complexity index is 572. The number of nitrogens with zero attached hydrogens (tertiary/aromatic N) is 1. The highest BCUT2D eigenvalue weighted by Gasteiger charge is 2.11. The van der Waals surface area contributed by atoms with Gasteiger partial charge in [-0.1, -0.05) is 12.1 Å². The molecular weight excluding hydrogens is 296 g/mol. The van der Waals surface area contributed by atoms with Crippen molar-refractivity contribution >= 4 is 27.5 Å². The van der Waals surface area contributed by atoms with Crippen LogP contribution in [0.5, 0.6) is 5.75 Å². The SMILES string of the molecule is O=C(C[n+]1cccc(O)c1)Nc1ccccc1Br. The molecule has 1 aromatic heterocycles. The molecule has 0 aliphatic heterocycles. The van der Waals surface area contributed by atoms with Crippen LogP contribution >= 0.6 is 15.9 Å². The first-order valence-corrected chi connectivity index (χ1v) is 6.17. The summed E-state index contributed by atoms with van der Waals surface area (Å²) in [5.41, 5.74) is 0.725. The molecule has 0 radical (unpaired) electrons. The maximum absolute atomic E-state index is 11.8. The Hall–Kier alpha value is -1.88. The van der Waals surface area contributed by atoms with Gasteiger partial charge in [0.15, 0.2) is 11.9 Å². The predicted molar refractivity (Wildman–Crippen MR) is 71.1 cm³/mol. The number of pyridine rings is 1. The van der Waals surface area contributed by atoms with E-state index in [0.717, 1.165) is 10.2 Å². The zero-order chi connectivity index (χ0) is 13.0. The Kier molecular flexibility index (Phi) is 3.94. The van der Waals surface area contributed by atoms with Crippen LogP contribution in [0.2, 0.25) is 0 Å². The molecule has 0 unspecified atom stereocenters. The van der Waals surface area contributed by atoms with Gasteiger partial charge in [-0.2, -0.15) is 4.57 Å². The summed E-state index contributed by atoms with van der Waals surface area (Å²) in [6, 6.07) is 10.6. The van der Waals surface area contributed by atoms with Crippen LogP contribution in [-0.2, 0) is 11.3 Å². The minimum atomic E-state index is -0.155. The van der Waals surface area contributed by atoms with Crippen molar-refractivity contribution in [3.8, 4) is 5.75 Å². The van der Waals surface area contributed by atoms with Crippen molar-refractivity contribution in [2.75, 3.05) is 5.32 Å². The average molecular weight is 308 g/mol. The van der Waals surface area contributed by atoms with Gasteiger partial charge in [-0.3, -0.25) is 4.79 Å². The molecule has 0 atom stereocenters. The fourth-order valence-corrected chi connectivity index (χ4v) is 1.91. The van der Waals surface area contributed by atoms with Gasteiger partial charge in [0, 0.05) is 10.5 Å². The molecule has 4 nitrogen and oxygen atoms in total. The number of benzene rings is 1. The summed E-state index contributed by atoms with van der Waals surface area (Å²) < 4.78 is 2.45. The van der Waals surface area contributed by atoms with Crippen LogP contribution < -0.4 is 9.88 Å². The van der Waals surface area contributed by atoms with Crippen molar-refractivity contribution in [3.63, 3.8) is 0 Å². The van der Waals surface area contributed by atoms with E-state index in [1.54, 1.807) is 22.9 Å². The Labute approximate surface area is 113 Å². The van der Waals surface area contributed by atoms with Gasteiger partial charge in [0.2, 0.25) is 12.7 Å². The van der Waals surface area contributed by atoms with Crippen LogP contribution in [0.15, 0.2) is 53.3 Å². The first kappa shape index (κ1) is 12.6. The highest BCUT2D eigenvalue weighted by atomic mass is 79.9. The number of aromatic hydroxyl groups is 1. The highest BCUT2D eigenvalue weighted by molar-refractivity contribution is 9.10. The second kappa shape index (κ2) is 5.64. The Morgan fingerprint density at radius 3 is 2.78 bits per heavy atom. The third-order valence-electron chi connectivity index (χ3n) is 2.32. The normalized spacial score (nSPS) is 10.1. The van der Waals surface area contributed by atoms with Gasteiger partial charge in [0.05, 0.1) is 5.69 Å². The molecule has 1 heterocycles. The monoisotopic (exact) mass is 307 g/mol. The lowest BCUT2D eigenvalue weighted by molar-refractivity contribution is -0.684. The molecule has 18 heavy (non-hydrogen) atoms. The number of anilines is 1. The molecule has 0 aliphatic carbocycles. The van der Waals surface area contributed by atoms with Gasteiger partial charge in [0.1, 0.15) is 0 Å². The van der Waals surface area contributed by atoms with E-state index in [0.29, 0.717) is 0 Å². The van der Waals surface area contributed by atoms with E-state index < -0.39 is 0 Å². The molecule has 2 aromatic rings. The smallest absolute Gasteiger partial charge is 0.290 e. The largest absolute Gasteiger partial charge is 0.503 e. The molecule has 1 aromatic carbocycles. The van der Waals surface area contributed by atoms with Crippen molar-refractivity contribution in [1.29, 1.82) is 0 Å². The molecule has 0 saturated carbocycles. The van der Waals surface area contributed by atoms with E-state index in [1.807, 2.05) is 24.3 Å². The summed E-state index contributed by atoms with van der Waals surface area (Å²) in [5, 5.41) is 12.1. The number of aromatic nitrogens is 1. The van der Waals surface area contributed by atoms with Crippen LogP contribution in [0.1, 0.15) is 0 Å². The molecule has 0 fully saturated rings. The van der Waals surface area contributed by atoms with E-state index in [1.165, 1.54) is 6.20 Å². The van der Waals surface area contributed by atoms with Crippen LogP contribution in [0.3, 0.4) is 0 Å². The second-order valence-electron chi connectivity index (χ2n) is 3.76. The van der Waals surface area contributed by atoms with Gasteiger partial charge in [-0.15, -0.1) is 0 Å². The third kappa shape index (κ3) is 3.30. The summed E-state index contributed by atoms with van der Waals surface area (Å²) in [4.78, 5) is 11.8. The summed E-state index contributed by atoms with van der Waals surface area (Å²) in [6.07, 6.45) is 3.22. The zero-order valence-corrected chi connectivity index (χ0v) is 11.1. The molecular formula is C13H12BrN2O2+. The molecule has 0 bridgehead atoms. The minimum Gasteiger partial charge on any atom is -0.503 e. The third-order valence-corrected chi connectivity index (χ3v) is 3.01. The van der Waals surface area contributed by atoms with Crippen LogP contribution in [0.25, 0.3) is 0 Å². The molecule has 0 saturated heterocycles. The topological polar surface area (TPSA) is 53.2 Å². The van der Waals surface area contributed by atoms with Crippen molar-refractivity contribution in [2.45, 2.75) is 6.54 Å². The van der Waals surface area contributed by atoms with Crippen molar-refractivity contribution in [3.05, 3.63) is 53.3 Å². The molecule has 1 amide bonds. The zero-order valence-electron chi connectivity index (χ0n) is 9.51. The van der Waals surface area contributed by atoms with Gasteiger partial charge in [-0.05, 0) is 34.1 Å². The number of halogens is 1. The number of amides is 1. The van der Waals surface area contributed by atoms with Crippen LogP contribution in [-0.4, -0.2) is 11.0 Å². The Morgan fingerprint density at radius 1 is 1.28 bits per heavy atom. The summed E-state index contributed by atoms with van der Waals surface area (Å²) in [6.45, 7) is 0.149. The number of para-hydroxylation sites is 1. The van der Waals surface area contributed by atoms with Gasteiger partial charge >= 0.3 is 0 Å². The van der Waals surface area contributed by atoms with E-state index >= 15 is 0 Å². The molecule has 92 valence electrons. The van der Waals surface area contributed by atoms with Crippen molar-refractivity contribution < 1.29 is 14.5 Å². The second-order valence-corrected chi connectivity index (χ2v) is 4.62. The summed E-state index contributed by atoms with van der Waals surface area (Å²) in [5.74, 6) is -0.0244. The van der Waals surface area contributed by atoms with Gasteiger partial charge in [-0.25, -0.2) is 0 Å². The number of rotatable bonds is 3. The number of carbonyl (C=O) groups is 1. The van der Waals surface area contributed by atoms with E-state index in [2.05, 4.69) is 21.2 Å². The number of carbonyl (C=O) groups excluding carboxylic acids is 1. The standard InChI is InChI=1S/C13H11BrN2O2/c14-11-5-1-2-6-12(11)15-13(18)9-16-7-3-4-10(17)8-16/h1-8H,9H2,(H-,15,17,18)/p+1. The quantitative estimate of drug-likeness (QED) is 0.853. The maximum Gasteiger partial charge on any atom is 0.290 e. The van der Waals surface area contributed by atoms with E-state index in [9.17, 15) is 9.90 Å². The lowest BCUT2D eigenvalue weighted by Gasteiger charge is -2.05. The first-order chi connectivity index (χ1) is 8.65. The van der Waals surface area contributed by atoms with Crippen molar-refractivity contribution in [2.24, 2.45) is 0 Å². The highest BCUT2D eigenvalue weighted by Crippen LogP contribution is 2.20. The van der Waals surface area contributed by atoms with Crippen LogP contribution in [0, 0.1) is 0 Å². The van der Waals surface area contributed by atoms with Crippen LogP contribution in [0.4, 0.5) is 5.69 Å². The summed E-state index contributed by atoms with van der Waals surface area (Å²) in [7, 11) is 0. The van der Waals surface area contributed by atoms with E-state index in [4.69, 9.17) is 0 Å². The first-order valence-electron chi connectivity index (χ1n) is 5.37. The van der Waals surface area contributed by atoms with Gasteiger partial charge in [0.25, 0.3) is 5.91 Å². The maximum atomic E-state index is 11.8. The minimum absolute atomic E-state index is 0.131. The van der Waals surface area contributed by atoms with E-state index in [-0.39, 0.29) is 18.2 Å². The lowest BCUT2D eigenvalue weighted by Crippen LogP contribution is -2.39. The number of hydrogen-bond acceptors (Lipinski definition) is 2. The molecule has 5 heteroatoms. The molecule has 0 spiro atoms. The Balaban J connectivity index is 2.03. The van der Waals surface area contributed by atoms with Crippen molar-refractivity contribution in [1.82, 2.24) is 0 Å². The Morgan fingerprint density at radius 2 is 2.06 bits per heavy atom. The number of hydrogen-bond donors (Lipinski definition) is 2. The van der Waals surface area contributed by atoms with Gasteiger partial charge < -0.3 is 10.4 Å². The molecule has 2 N–H and O–H groups in total. The predicted octanol–water partition coefficient (Wildman–Crippen LogP) is 2.08. The molecule has 0 aliphatic rings.